The van der Waals surface area contributed by atoms with Crippen LogP contribution in [0.25, 0.3) is 0 Å². The molecule has 140 valence electrons. The van der Waals surface area contributed by atoms with E-state index in [9.17, 15) is 9.59 Å². The summed E-state index contributed by atoms with van der Waals surface area (Å²) in [6, 6.07) is 8.19. The number of hydrogen-bond donors (Lipinski definition) is 2. The first-order valence-corrected chi connectivity index (χ1v) is 8.70. The summed E-state index contributed by atoms with van der Waals surface area (Å²) < 4.78 is 4.90. The van der Waals surface area contributed by atoms with Crippen LogP contribution in [0.4, 0.5) is 5.69 Å². The van der Waals surface area contributed by atoms with E-state index in [1.807, 2.05) is 6.07 Å². The monoisotopic (exact) mass is 358 g/mol. The van der Waals surface area contributed by atoms with Crippen LogP contribution in [0.1, 0.15) is 31.1 Å². The Labute approximate surface area is 154 Å². The number of hydrogen-bond acceptors (Lipinski definition) is 6. The topological polar surface area (TPSA) is 94.5 Å². The lowest BCUT2D eigenvalue weighted by Gasteiger charge is -2.17. The van der Waals surface area contributed by atoms with E-state index >= 15 is 0 Å². The molecule has 7 heteroatoms. The van der Waals surface area contributed by atoms with Gasteiger partial charge in [0, 0.05) is 25.0 Å². The number of benzene rings is 1. The van der Waals surface area contributed by atoms with Crippen molar-refractivity contribution in [2.45, 2.75) is 20.8 Å². The van der Waals surface area contributed by atoms with E-state index in [4.69, 9.17) is 10.00 Å². The third kappa shape index (κ3) is 6.95. The molecular weight excluding hydrogens is 332 g/mol. The van der Waals surface area contributed by atoms with Gasteiger partial charge in [0.05, 0.1) is 12.2 Å². The Hall–Kier alpha value is -2.85. The quantitative estimate of drug-likeness (QED) is 0.288. The zero-order valence-corrected chi connectivity index (χ0v) is 15.5. The van der Waals surface area contributed by atoms with Crippen LogP contribution < -0.4 is 10.6 Å². The number of carbonyl (C=O) groups excluding carboxylic acids is 2. The van der Waals surface area contributed by atoms with Gasteiger partial charge >= 0.3 is 5.97 Å². The van der Waals surface area contributed by atoms with Crippen LogP contribution in [0.15, 0.2) is 36.0 Å². The van der Waals surface area contributed by atoms with Crippen molar-refractivity contribution in [3.05, 3.63) is 41.6 Å². The maximum atomic E-state index is 12.2. The summed E-state index contributed by atoms with van der Waals surface area (Å²) >= 11 is 0. The van der Waals surface area contributed by atoms with Gasteiger partial charge in [-0.05, 0) is 44.3 Å². The van der Waals surface area contributed by atoms with E-state index in [1.54, 1.807) is 31.2 Å². The van der Waals surface area contributed by atoms with Crippen LogP contribution in [0, 0.1) is 11.3 Å². The van der Waals surface area contributed by atoms with Gasteiger partial charge in [0.1, 0.15) is 11.6 Å². The molecular formula is C19H26N4O3. The lowest BCUT2D eigenvalue weighted by molar-refractivity contribution is -0.112. The molecule has 1 rings (SSSR count). The molecule has 0 aromatic heterocycles. The van der Waals surface area contributed by atoms with E-state index in [-0.39, 0.29) is 5.57 Å². The molecule has 0 heterocycles. The number of esters is 1. The summed E-state index contributed by atoms with van der Waals surface area (Å²) in [4.78, 5) is 26.0. The molecule has 0 fully saturated rings. The average molecular weight is 358 g/mol. The molecule has 0 bridgehead atoms. The molecule has 1 amide bonds. The number of anilines is 1. The van der Waals surface area contributed by atoms with Crippen LogP contribution in [0.3, 0.4) is 0 Å². The van der Waals surface area contributed by atoms with Gasteiger partial charge in [-0.1, -0.05) is 13.8 Å². The molecule has 2 N–H and O–H groups in total. The Kier molecular flexibility index (Phi) is 9.50. The Bertz CT molecular complexity index is 658. The van der Waals surface area contributed by atoms with E-state index in [2.05, 4.69) is 29.4 Å². The molecule has 0 aliphatic carbocycles. The minimum atomic E-state index is -0.508. The summed E-state index contributed by atoms with van der Waals surface area (Å²) in [7, 11) is 0. The highest BCUT2D eigenvalue weighted by atomic mass is 16.5. The number of rotatable bonds is 10. The van der Waals surface area contributed by atoms with Gasteiger partial charge in [-0.25, -0.2) is 4.79 Å². The minimum absolute atomic E-state index is 0.0148. The number of ether oxygens (including phenoxy) is 1. The van der Waals surface area contributed by atoms with Gasteiger partial charge in [0.15, 0.2) is 0 Å². The normalized spacial score (nSPS) is 11.0. The van der Waals surface area contributed by atoms with Crippen molar-refractivity contribution in [1.29, 1.82) is 5.26 Å². The number of nitriles is 1. The van der Waals surface area contributed by atoms with Crippen LogP contribution in [-0.4, -0.2) is 49.6 Å². The van der Waals surface area contributed by atoms with Crippen molar-refractivity contribution in [2.75, 3.05) is 38.1 Å². The van der Waals surface area contributed by atoms with Crippen LogP contribution >= 0.6 is 0 Å². The SMILES string of the molecule is CCOC(=O)c1ccc(NC(=O)/C(C#N)=C\NCCN(CC)CC)cc1. The lowest BCUT2D eigenvalue weighted by atomic mass is 10.2. The molecule has 26 heavy (non-hydrogen) atoms. The lowest BCUT2D eigenvalue weighted by Crippen LogP contribution is -2.30. The fourth-order valence-electron chi connectivity index (χ4n) is 2.19. The third-order valence-electron chi connectivity index (χ3n) is 3.73. The first kappa shape index (κ1) is 21.2. The minimum Gasteiger partial charge on any atom is -0.462 e. The molecule has 1 aromatic carbocycles. The van der Waals surface area contributed by atoms with Gasteiger partial charge < -0.3 is 20.3 Å². The fourth-order valence-corrected chi connectivity index (χ4v) is 2.19. The maximum absolute atomic E-state index is 12.2. The Morgan fingerprint density at radius 3 is 2.38 bits per heavy atom. The Balaban J connectivity index is 2.59. The van der Waals surface area contributed by atoms with E-state index in [0.717, 1.165) is 19.6 Å². The molecule has 0 atom stereocenters. The number of nitrogens with one attached hydrogen (secondary N) is 2. The summed E-state index contributed by atoms with van der Waals surface area (Å²) in [5.74, 6) is -0.924. The molecule has 0 aliphatic heterocycles. The third-order valence-corrected chi connectivity index (χ3v) is 3.73. The second-order valence-electron chi connectivity index (χ2n) is 5.40. The van der Waals surface area contributed by atoms with Gasteiger partial charge in [0.25, 0.3) is 5.91 Å². The first-order chi connectivity index (χ1) is 12.5. The van der Waals surface area contributed by atoms with Crippen molar-refractivity contribution >= 4 is 17.6 Å². The van der Waals surface area contributed by atoms with Gasteiger partial charge in [-0.3, -0.25) is 4.79 Å². The van der Waals surface area contributed by atoms with E-state index in [0.29, 0.717) is 24.4 Å². The molecule has 1 aromatic rings. The molecule has 0 saturated carbocycles. The van der Waals surface area contributed by atoms with Gasteiger partial charge in [0.2, 0.25) is 0 Å². The fraction of sp³-hybridized carbons (Fsp3) is 0.421. The highest BCUT2D eigenvalue weighted by Crippen LogP contribution is 2.11. The number of carbonyl (C=O) groups is 2. The summed E-state index contributed by atoms with van der Waals surface area (Å²) in [5.41, 5.74) is 0.880. The van der Waals surface area contributed by atoms with Crippen molar-refractivity contribution < 1.29 is 14.3 Å². The zero-order chi connectivity index (χ0) is 19.4. The van der Waals surface area contributed by atoms with Gasteiger partial charge in [-0.15, -0.1) is 0 Å². The number of nitrogens with zero attached hydrogens (tertiary/aromatic N) is 2. The van der Waals surface area contributed by atoms with Crippen LogP contribution in [0.2, 0.25) is 0 Å². The molecule has 0 spiro atoms. The smallest absolute Gasteiger partial charge is 0.338 e. The van der Waals surface area contributed by atoms with Crippen molar-refractivity contribution in [3.8, 4) is 6.07 Å². The van der Waals surface area contributed by atoms with Crippen molar-refractivity contribution in [3.63, 3.8) is 0 Å². The van der Waals surface area contributed by atoms with E-state index < -0.39 is 11.9 Å². The average Bonchev–Trinajstić information content (AvgIpc) is 2.65. The predicted molar refractivity (Wildman–Crippen MR) is 101 cm³/mol. The van der Waals surface area contributed by atoms with Crippen LogP contribution in [0.5, 0.6) is 0 Å². The summed E-state index contributed by atoms with van der Waals surface area (Å²) in [6.07, 6.45) is 1.42. The van der Waals surface area contributed by atoms with Crippen molar-refractivity contribution in [2.24, 2.45) is 0 Å². The Morgan fingerprint density at radius 2 is 1.85 bits per heavy atom. The molecule has 0 aliphatic rings. The number of likely N-dealkylation sites (N-methyl/N-ethyl adjacent to an activating group) is 1. The first-order valence-electron chi connectivity index (χ1n) is 8.70. The van der Waals surface area contributed by atoms with E-state index in [1.165, 1.54) is 6.20 Å². The van der Waals surface area contributed by atoms with Gasteiger partial charge in [-0.2, -0.15) is 5.26 Å². The predicted octanol–water partition coefficient (Wildman–Crippen LogP) is 2.14. The maximum Gasteiger partial charge on any atom is 0.338 e. The molecule has 0 saturated heterocycles. The second-order valence-corrected chi connectivity index (χ2v) is 5.40. The molecule has 0 unspecified atom stereocenters. The molecule has 7 nitrogen and oxygen atoms in total. The highest BCUT2D eigenvalue weighted by Gasteiger charge is 2.10. The van der Waals surface area contributed by atoms with Crippen LogP contribution in [-0.2, 0) is 9.53 Å². The second kappa shape index (κ2) is 11.7. The number of amides is 1. The Morgan fingerprint density at radius 1 is 1.19 bits per heavy atom. The van der Waals surface area contributed by atoms with Crippen molar-refractivity contribution in [1.82, 2.24) is 10.2 Å². The highest BCUT2D eigenvalue weighted by molar-refractivity contribution is 6.06. The zero-order valence-electron chi connectivity index (χ0n) is 15.5. The largest absolute Gasteiger partial charge is 0.462 e. The molecule has 0 radical (unpaired) electrons. The summed E-state index contributed by atoms with van der Waals surface area (Å²) in [6.45, 7) is 9.59. The summed E-state index contributed by atoms with van der Waals surface area (Å²) in [5, 5.41) is 14.8. The standard InChI is InChI=1S/C19H26N4O3/c1-4-23(5-2)12-11-21-14-16(13-20)18(24)22-17-9-7-15(8-10-17)19(25)26-6-3/h7-10,14,21H,4-6,11-12H2,1-3H3,(H,22,24)/b16-14-.